The zero-order valence-corrected chi connectivity index (χ0v) is 10.6. The molecule has 1 heterocycles. The van der Waals surface area contributed by atoms with Gasteiger partial charge in [-0.25, -0.2) is 0 Å². The van der Waals surface area contributed by atoms with Crippen LogP contribution in [0.25, 0.3) is 0 Å². The second-order valence-electron chi connectivity index (χ2n) is 5.63. The van der Waals surface area contributed by atoms with Gasteiger partial charge in [0.05, 0.1) is 0 Å². The summed E-state index contributed by atoms with van der Waals surface area (Å²) in [4.78, 5) is 5.29. The minimum atomic E-state index is 0.739. The van der Waals surface area contributed by atoms with Crippen LogP contribution in [-0.2, 0) is 0 Å². The van der Waals surface area contributed by atoms with Gasteiger partial charge in [0.15, 0.2) is 0 Å². The summed E-state index contributed by atoms with van der Waals surface area (Å²) in [7, 11) is 2.26. The maximum Gasteiger partial charge on any atom is 0.0198 e. The van der Waals surface area contributed by atoms with Gasteiger partial charge in [0.25, 0.3) is 0 Å². The third-order valence-electron chi connectivity index (χ3n) is 4.39. The van der Waals surface area contributed by atoms with Crippen molar-refractivity contribution in [2.45, 2.75) is 64.1 Å². The van der Waals surface area contributed by atoms with Crippen LogP contribution in [0.1, 0.15) is 46.0 Å². The van der Waals surface area contributed by atoms with E-state index in [1.807, 2.05) is 0 Å². The normalized spacial score (nSPS) is 37.0. The summed E-state index contributed by atoms with van der Waals surface area (Å²) in [5, 5.41) is 0. The molecule has 2 rings (SSSR count). The summed E-state index contributed by atoms with van der Waals surface area (Å²) in [6.07, 6.45) is 7.27. The van der Waals surface area contributed by atoms with Crippen LogP contribution in [0, 0.1) is 0 Å². The van der Waals surface area contributed by atoms with Crippen molar-refractivity contribution in [2.75, 3.05) is 20.1 Å². The van der Waals surface area contributed by atoms with Gasteiger partial charge in [-0.1, -0.05) is 19.3 Å². The van der Waals surface area contributed by atoms with Crippen LogP contribution in [0.4, 0.5) is 0 Å². The van der Waals surface area contributed by atoms with E-state index in [0.29, 0.717) is 0 Å². The minimum absolute atomic E-state index is 0.739. The van der Waals surface area contributed by atoms with Gasteiger partial charge in [-0.2, -0.15) is 0 Å². The minimum Gasteiger partial charge on any atom is -0.301 e. The average molecular weight is 210 g/mol. The highest BCUT2D eigenvalue weighted by Crippen LogP contribution is 2.26. The zero-order valence-electron chi connectivity index (χ0n) is 10.6. The lowest BCUT2D eigenvalue weighted by Crippen LogP contribution is -2.58. The number of nitrogens with zero attached hydrogens (tertiary/aromatic N) is 2. The fraction of sp³-hybridized carbons (Fsp3) is 1.00. The molecule has 0 aromatic carbocycles. The van der Waals surface area contributed by atoms with Crippen LogP contribution in [0.5, 0.6) is 0 Å². The first-order valence-corrected chi connectivity index (χ1v) is 6.64. The largest absolute Gasteiger partial charge is 0.301 e. The van der Waals surface area contributed by atoms with Gasteiger partial charge in [-0.05, 0) is 33.7 Å². The highest BCUT2D eigenvalue weighted by molar-refractivity contribution is 4.88. The number of likely N-dealkylation sites (N-methyl/N-ethyl adjacent to an activating group) is 1. The third kappa shape index (κ3) is 2.54. The fourth-order valence-electron chi connectivity index (χ4n) is 3.25. The number of rotatable bonds is 1. The Morgan fingerprint density at radius 3 is 2.20 bits per heavy atom. The molecule has 0 unspecified atom stereocenters. The van der Waals surface area contributed by atoms with Gasteiger partial charge in [-0.3, -0.25) is 4.90 Å². The van der Waals surface area contributed by atoms with E-state index in [-0.39, 0.29) is 0 Å². The first kappa shape index (κ1) is 11.4. The van der Waals surface area contributed by atoms with Crippen LogP contribution in [0.2, 0.25) is 0 Å². The SMILES string of the molecule is C[C@@H]1CN(C)[C@@H](C)CN1C1CCCCC1. The van der Waals surface area contributed by atoms with E-state index in [1.54, 1.807) is 0 Å². The Labute approximate surface area is 94.6 Å². The lowest BCUT2D eigenvalue weighted by molar-refractivity contribution is 0.0165. The molecule has 0 aromatic heterocycles. The van der Waals surface area contributed by atoms with Crippen molar-refractivity contribution in [2.24, 2.45) is 0 Å². The summed E-state index contributed by atoms with van der Waals surface area (Å²) in [5.74, 6) is 0. The van der Waals surface area contributed by atoms with Crippen molar-refractivity contribution >= 4 is 0 Å². The molecule has 15 heavy (non-hydrogen) atoms. The highest BCUT2D eigenvalue weighted by atomic mass is 15.3. The molecule has 2 fully saturated rings. The Morgan fingerprint density at radius 1 is 0.867 bits per heavy atom. The molecular weight excluding hydrogens is 184 g/mol. The fourth-order valence-corrected chi connectivity index (χ4v) is 3.25. The summed E-state index contributed by atoms with van der Waals surface area (Å²) in [5.41, 5.74) is 0. The van der Waals surface area contributed by atoms with Gasteiger partial charge >= 0.3 is 0 Å². The highest BCUT2D eigenvalue weighted by Gasteiger charge is 2.31. The molecule has 1 saturated heterocycles. The van der Waals surface area contributed by atoms with Crippen molar-refractivity contribution in [3.63, 3.8) is 0 Å². The smallest absolute Gasteiger partial charge is 0.0198 e. The second kappa shape index (κ2) is 4.84. The van der Waals surface area contributed by atoms with E-state index < -0.39 is 0 Å². The maximum absolute atomic E-state index is 2.78. The van der Waals surface area contributed by atoms with Gasteiger partial charge in [0, 0.05) is 31.2 Å². The van der Waals surface area contributed by atoms with E-state index in [2.05, 4.69) is 30.7 Å². The first-order chi connectivity index (χ1) is 7.18. The molecular formula is C13H26N2. The molecule has 2 heteroatoms. The van der Waals surface area contributed by atoms with Crippen molar-refractivity contribution in [1.29, 1.82) is 0 Å². The maximum atomic E-state index is 2.78. The first-order valence-electron chi connectivity index (χ1n) is 6.64. The molecule has 0 spiro atoms. The van der Waals surface area contributed by atoms with E-state index >= 15 is 0 Å². The molecule has 2 aliphatic rings. The Bertz CT molecular complexity index is 199. The predicted molar refractivity (Wildman–Crippen MR) is 65.1 cm³/mol. The molecule has 88 valence electrons. The van der Waals surface area contributed by atoms with Gasteiger partial charge < -0.3 is 4.90 Å². The number of hydrogen-bond acceptors (Lipinski definition) is 2. The summed E-state index contributed by atoms with van der Waals surface area (Å²) in [6, 6.07) is 2.39. The second-order valence-corrected chi connectivity index (χ2v) is 5.63. The van der Waals surface area contributed by atoms with Crippen LogP contribution in [0.3, 0.4) is 0 Å². The van der Waals surface area contributed by atoms with Crippen LogP contribution < -0.4 is 0 Å². The van der Waals surface area contributed by atoms with Gasteiger partial charge in [0.2, 0.25) is 0 Å². The van der Waals surface area contributed by atoms with Gasteiger partial charge in [0.1, 0.15) is 0 Å². The average Bonchev–Trinajstić information content (AvgIpc) is 2.25. The molecule has 2 atom stereocenters. The van der Waals surface area contributed by atoms with Crippen LogP contribution in [0.15, 0.2) is 0 Å². The summed E-state index contributed by atoms with van der Waals surface area (Å²) < 4.78 is 0. The Balaban J connectivity index is 1.95. The molecule has 0 N–H and O–H groups in total. The van der Waals surface area contributed by atoms with Crippen molar-refractivity contribution < 1.29 is 0 Å². The van der Waals surface area contributed by atoms with E-state index in [1.165, 1.54) is 45.2 Å². The standard InChI is InChI=1S/C13H26N2/c1-11-10-15(12(2)9-14(11)3)13-7-5-4-6-8-13/h11-13H,4-10H2,1-3H3/t11-,12+/m0/s1. The Morgan fingerprint density at radius 2 is 1.53 bits per heavy atom. The van der Waals surface area contributed by atoms with E-state index in [4.69, 9.17) is 0 Å². The zero-order chi connectivity index (χ0) is 10.8. The van der Waals surface area contributed by atoms with Crippen molar-refractivity contribution in [3.8, 4) is 0 Å². The predicted octanol–water partition coefficient (Wildman–Crippen LogP) is 2.34. The molecule has 0 aromatic rings. The topological polar surface area (TPSA) is 6.48 Å². The molecule has 0 amide bonds. The molecule has 2 nitrogen and oxygen atoms in total. The number of hydrogen-bond donors (Lipinski definition) is 0. The number of piperazine rings is 1. The lowest BCUT2D eigenvalue weighted by Gasteiger charge is -2.47. The van der Waals surface area contributed by atoms with Crippen LogP contribution in [-0.4, -0.2) is 48.1 Å². The summed E-state index contributed by atoms with van der Waals surface area (Å²) in [6.45, 7) is 7.29. The molecule has 0 bridgehead atoms. The Kier molecular flexibility index (Phi) is 3.68. The van der Waals surface area contributed by atoms with Crippen LogP contribution >= 0.6 is 0 Å². The molecule has 0 radical (unpaired) electrons. The molecule has 1 aliphatic carbocycles. The molecule has 1 saturated carbocycles. The molecule has 1 aliphatic heterocycles. The van der Waals surface area contributed by atoms with E-state index in [9.17, 15) is 0 Å². The quantitative estimate of drug-likeness (QED) is 0.655. The lowest BCUT2D eigenvalue weighted by atomic mass is 9.92. The van der Waals surface area contributed by atoms with Crippen molar-refractivity contribution in [3.05, 3.63) is 0 Å². The van der Waals surface area contributed by atoms with Gasteiger partial charge in [-0.15, -0.1) is 0 Å². The Hall–Kier alpha value is -0.0800. The summed E-state index contributed by atoms with van der Waals surface area (Å²) >= 11 is 0. The van der Waals surface area contributed by atoms with E-state index in [0.717, 1.165) is 18.1 Å². The van der Waals surface area contributed by atoms with Crippen molar-refractivity contribution in [1.82, 2.24) is 9.80 Å². The third-order valence-corrected chi connectivity index (χ3v) is 4.39. The monoisotopic (exact) mass is 210 g/mol.